The molecule has 1 aliphatic rings. The van der Waals surface area contributed by atoms with E-state index in [2.05, 4.69) is 5.16 Å². The monoisotopic (exact) mass is 388 g/mol. The Morgan fingerprint density at radius 3 is 2.79 bits per heavy atom. The lowest BCUT2D eigenvalue weighted by molar-refractivity contribution is -0.133. The average molecular weight is 388 g/mol. The molecule has 2 aromatic rings. The molecule has 0 saturated carbocycles. The third-order valence-corrected chi connectivity index (χ3v) is 4.61. The number of oxime groups is 1. The smallest absolute Gasteiger partial charge is 0.222 e. The number of hydrogen-bond acceptors (Lipinski definition) is 4. The number of amides is 1. The molecule has 3 rings (SSSR count). The first-order valence-corrected chi connectivity index (χ1v) is 9.09. The van der Waals surface area contributed by atoms with Gasteiger partial charge in [-0.1, -0.05) is 30.3 Å². The van der Waals surface area contributed by atoms with Gasteiger partial charge < -0.3 is 14.5 Å². The molecule has 5 nitrogen and oxygen atoms in total. The molecule has 1 heterocycles. The molecule has 0 spiro atoms. The van der Waals surface area contributed by atoms with E-state index in [1.165, 1.54) is 17.0 Å². The highest BCUT2D eigenvalue weighted by Crippen LogP contribution is 2.25. The fourth-order valence-electron chi connectivity index (χ4n) is 3.15. The van der Waals surface area contributed by atoms with Gasteiger partial charge in [0.2, 0.25) is 5.91 Å². The molecular weight excluding hydrogens is 366 g/mol. The van der Waals surface area contributed by atoms with Crippen LogP contribution < -0.4 is 4.74 Å². The van der Waals surface area contributed by atoms with Crippen molar-refractivity contribution in [1.82, 2.24) is 4.90 Å². The third-order valence-electron chi connectivity index (χ3n) is 4.61. The van der Waals surface area contributed by atoms with Gasteiger partial charge in [-0.15, -0.1) is 0 Å². The van der Waals surface area contributed by atoms with Crippen LogP contribution in [0.5, 0.6) is 5.75 Å². The van der Waals surface area contributed by atoms with Crippen LogP contribution >= 0.6 is 0 Å². The molecule has 0 bridgehead atoms. The van der Waals surface area contributed by atoms with Gasteiger partial charge in [0.25, 0.3) is 0 Å². The number of rotatable bonds is 7. The van der Waals surface area contributed by atoms with Crippen molar-refractivity contribution in [3.05, 3.63) is 65.2 Å². The van der Waals surface area contributed by atoms with E-state index in [-0.39, 0.29) is 37.1 Å². The third kappa shape index (κ3) is 4.47. The molecule has 0 unspecified atom stereocenters. The number of halogens is 2. The zero-order chi connectivity index (χ0) is 20.1. The Morgan fingerprint density at radius 2 is 2.07 bits per heavy atom. The Hall–Kier alpha value is -2.96. The normalized spacial score (nSPS) is 15.7. The lowest BCUT2D eigenvalue weighted by Crippen LogP contribution is -2.37. The fraction of sp³-hybridized carbons (Fsp3) is 0.333. The van der Waals surface area contributed by atoms with Gasteiger partial charge >= 0.3 is 0 Å². The van der Waals surface area contributed by atoms with E-state index in [0.29, 0.717) is 12.2 Å². The van der Waals surface area contributed by atoms with Crippen molar-refractivity contribution in [2.24, 2.45) is 5.16 Å². The molecule has 0 radical (unpaired) electrons. The van der Waals surface area contributed by atoms with Crippen LogP contribution in [-0.2, 0) is 16.2 Å². The number of carbonyl (C=O) groups excluding carboxylic acids is 1. The van der Waals surface area contributed by atoms with Crippen molar-refractivity contribution in [1.29, 1.82) is 0 Å². The fourth-order valence-corrected chi connectivity index (χ4v) is 3.15. The van der Waals surface area contributed by atoms with Crippen LogP contribution in [0.3, 0.4) is 0 Å². The summed E-state index contributed by atoms with van der Waals surface area (Å²) in [7, 11) is 1.59. The van der Waals surface area contributed by atoms with Crippen LogP contribution in [0.1, 0.15) is 30.9 Å². The largest absolute Gasteiger partial charge is 0.496 e. The molecule has 28 heavy (non-hydrogen) atoms. The Bertz CT molecular complexity index is 886. The van der Waals surface area contributed by atoms with Crippen LogP contribution in [0, 0.1) is 11.6 Å². The van der Waals surface area contributed by atoms with E-state index in [1.54, 1.807) is 14.0 Å². The summed E-state index contributed by atoms with van der Waals surface area (Å²) >= 11 is 0. The van der Waals surface area contributed by atoms with Gasteiger partial charge in [0.15, 0.2) is 6.10 Å². The van der Waals surface area contributed by atoms with E-state index in [0.717, 1.165) is 17.3 Å². The van der Waals surface area contributed by atoms with Crippen molar-refractivity contribution in [2.45, 2.75) is 32.4 Å². The Balaban J connectivity index is 1.70. The summed E-state index contributed by atoms with van der Waals surface area (Å²) in [6.45, 7) is 2.04. The molecule has 0 fully saturated rings. The van der Waals surface area contributed by atoms with Gasteiger partial charge in [-0.25, -0.2) is 8.78 Å². The highest BCUT2D eigenvalue weighted by atomic mass is 19.1. The summed E-state index contributed by atoms with van der Waals surface area (Å²) in [5, 5.41) is 4.15. The van der Waals surface area contributed by atoms with Crippen molar-refractivity contribution in [3.63, 3.8) is 0 Å². The average Bonchev–Trinajstić information content (AvgIpc) is 3.17. The SMILES string of the molecule is CCC(=O)N(Cc1ccc(F)cc1F)C[C@@H]1CC(c2ccccc2OC)=NO1. The summed E-state index contributed by atoms with van der Waals surface area (Å²) in [4.78, 5) is 19.4. The quantitative estimate of drug-likeness (QED) is 0.723. The van der Waals surface area contributed by atoms with E-state index < -0.39 is 11.6 Å². The zero-order valence-electron chi connectivity index (χ0n) is 15.8. The minimum atomic E-state index is -0.674. The van der Waals surface area contributed by atoms with Gasteiger partial charge in [0.1, 0.15) is 17.4 Å². The second-order valence-electron chi connectivity index (χ2n) is 6.53. The summed E-state index contributed by atoms with van der Waals surface area (Å²) in [5.74, 6) is -0.769. The first kappa shape index (κ1) is 19.8. The van der Waals surface area contributed by atoms with Crippen molar-refractivity contribution >= 4 is 11.6 Å². The van der Waals surface area contributed by atoms with Gasteiger partial charge in [0.05, 0.1) is 19.4 Å². The van der Waals surface area contributed by atoms with E-state index in [1.807, 2.05) is 24.3 Å². The number of nitrogens with zero attached hydrogens (tertiary/aromatic N) is 2. The second-order valence-corrected chi connectivity index (χ2v) is 6.53. The van der Waals surface area contributed by atoms with Crippen LogP contribution in [0.2, 0.25) is 0 Å². The van der Waals surface area contributed by atoms with E-state index in [9.17, 15) is 13.6 Å². The minimum Gasteiger partial charge on any atom is -0.496 e. The summed E-state index contributed by atoms with van der Waals surface area (Å²) < 4.78 is 32.5. The number of benzene rings is 2. The molecule has 7 heteroatoms. The summed E-state index contributed by atoms with van der Waals surface area (Å²) in [6.07, 6.45) is 0.425. The number of methoxy groups -OCH3 is 1. The highest BCUT2D eigenvalue weighted by Gasteiger charge is 2.28. The number of ether oxygens (including phenoxy) is 1. The molecule has 0 saturated heterocycles. The van der Waals surface area contributed by atoms with Crippen LogP contribution in [-0.4, -0.2) is 36.3 Å². The lowest BCUT2D eigenvalue weighted by Gasteiger charge is -2.24. The number of hydrogen-bond donors (Lipinski definition) is 0. The lowest BCUT2D eigenvalue weighted by atomic mass is 10.0. The molecule has 0 N–H and O–H groups in total. The minimum absolute atomic E-state index is 0.0443. The molecule has 2 aromatic carbocycles. The predicted molar refractivity (Wildman–Crippen MR) is 101 cm³/mol. The Kier molecular flexibility index (Phi) is 6.23. The second kappa shape index (κ2) is 8.82. The van der Waals surface area contributed by atoms with Crippen LogP contribution in [0.15, 0.2) is 47.6 Å². The van der Waals surface area contributed by atoms with Crippen molar-refractivity contribution in [2.75, 3.05) is 13.7 Å². The summed E-state index contributed by atoms with van der Waals surface area (Å²) in [6, 6.07) is 10.8. The van der Waals surface area contributed by atoms with E-state index in [4.69, 9.17) is 9.57 Å². The van der Waals surface area contributed by atoms with Gasteiger partial charge in [-0.3, -0.25) is 4.79 Å². The van der Waals surface area contributed by atoms with Gasteiger partial charge in [0, 0.05) is 36.6 Å². The first-order valence-electron chi connectivity index (χ1n) is 9.09. The standard InChI is InChI=1S/C21H22F2N2O3/c1-3-21(26)25(12-14-8-9-15(22)10-18(14)23)13-16-11-19(24-28-16)17-6-4-5-7-20(17)27-2/h4-10,16H,3,11-13H2,1-2H3/t16-/m0/s1. The molecule has 1 amide bonds. The number of para-hydroxylation sites is 1. The Morgan fingerprint density at radius 1 is 1.29 bits per heavy atom. The molecule has 1 aliphatic heterocycles. The maximum Gasteiger partial charge on any atom is 0.222 e. The van der Waals surface area contributed by atoms with Crippen molar-refractivity contribution in [3.8, 4) is 5.75 Å². The van der Waals surface area contributed by atoms with E-state index >= 15 is 0 Å². The molecular formula is C21H22F2N2O3. The van der Waals surface area contributed by atoms with Crippen molar-refractivity contribution < 1.29 is 23.1 Å². The maximum atomic E-state index is 14.0. The number of carbonyl (C=O) groups is 1. The van der Waals surface area contributed by atoms with Gasteiger partial charge in [-0.05, 0) is 18.2 Å². The highest BCUT2D eigenvalue weighted by molar-refractivity contribution is 6.03. The molecule has 0 aliphatic carbocycles. The van der Waals surface area contributed by atoms with Gasteiger partial charge in [-0.2, -0.15) is 0 Å². The van der Waals surface area contributed by atoms with Crippen LogP contribution in [0.4, 0.5) is 8.78 Å². The zero-order valence-corrected chi connectivity index (χ0v) is 15.8. The Labute approximate surface area is 162 Å². The molecule has 1 atom stereocenters. The van der Waals surface area contributed by atoms with Crippen LogP contribution in [0.25, 0.3) is 0 Å². The molecule has 148 valence electrons. The molecule has 0 aromatic heterocycles. The summed E-state index contributed by atoms with van der Waals surface area (Å²) in [5.41, 5.74) is 1.83. The predicted octanol–water partition coefficient (Wildman–Crippen LogP) is 3.91. The first-order chi connectivity index (χ1) is 13.5. The maximum absolute atomic E-state index is 14.0. The topological polar surface area (TPSA) is 51.1 Å².